The second-order valence-electron chi connectivity index (χ2n) is 4.69. The van der Waals surface area contributed by atoms with Crippen LogP contribution in [-0.2, 0) is 4.79 Å². The minimum Gasteiger partial charge on any atom is -0.479 e. The summed E-state index contributed by atoms with van der Waals surface area (Å²) in [5.74, 6) is -0.911. The van der Waals surface area contributed by atoms with Crippen LogP contribution in [0, 0.1) is 10.1 Å². The maximum absolute atomic E-state index is 11.6. The fourth-order valence-electron chi connectivity index (χ4n) is 2.82. The first kappa shape index (κ1) is 13.3. The summed E-state index contributed by atoms with van der Waals surface area (Å²) in [5.41, 5.74) is -0.663. The van der Waals surface area contributed by atoms with E-state index >= 15 is 0 Å². The highest BCUT2D eigenvalue weighted by Crippen LogP contribution is 2.40. The molecule has 0 aliphatic carbocycles. The zero-order valence-corrected chi connectivity index (χ0v) is 10.7. The number of carbonyl (C=O) groups is 1. The minimum atomic E-state index is -1.02. The molecule has 6 heteroatoms. The molecule has 0 amide bonds. The predicted octanol–water partition coefficient (Wildman–Crippen LogP) is 2.43. The molecule has 1 aromatic rings. The minimum absolute atomic E-state index is 0.0384. The second kappa shape index (κ2) is 4.87. The molecule has 1 heterocycles. The van der Waals surface area contributed by atoms with E-state index in [1.165, 1.54) is 6.07 Å². The number of para-hydroxylation sites is 2. The van der Waals surface area contributed by atoms with Gasteiger partial charge in [0.05, 0.1) is 4.92 Å². The van der Waals surface area contributed by atoms with Crippen molar-refractivity contribution < 1.29 is 14.8 Å². The van der Waals surface area contributed by atoms with E-state index in [-0.39, 0.29) is 5.69 Å². The van der Waals surface area contributed by atoms with Gasteiger partial charge in [-0.15, -0.1) is 0 Å². The van der Waals surface area contributed by atoms with E-state index in [0.717, 1.165) is 6.42 Å². The lowest BCUT2D eigenvalue weighted by Crippen LogP contribution is -2.50. The molecule has 1 unspecified atom stereocenters. The molecule has 2 rings (SSSR count). The molecule has 0 saturated carbocycles. The lowest BCUT2D eigenvalue weighted by Gasteiger charge is -2.35. The number of aliphatic carboxylic acids is 1. The Kier molecular flexibility index (Phi) is 3.42. The van der Waals surface area contributed by atoms with Crippen molar-refractivity contribution in [2.75, 3.05) is 11.4 Å². The Bertz CT molecular complexity index is 517. The Balaban J connectivity index is 2.52. The van der Waals surface area contributed by atoms with Gasteiger partial charge >= 0.3 is 5.97 Å². The van der Waals surface area contributed by atoms with Crippen molar-refractivity contribution in [1.29, 1.82) is 0 Å². The van der Waals surface area contributed by atoms with E-state index in [1.807, 2.05) is 0 Å². The van der Waals surface area contributed by atoms with Crippen LogP contribution in [0.25, 0.3) is 0 Å². The van der Waals surface area contributed by atoms with Gasteiger partial charge in [0.2, 0.25) is 0 Å². The highest BCUT2D eigenvalue weighted by molar-refractivity contribution is 5.86. The predicted molar refractivity (Wildman–Crippen MR) is 70.3 cm³/mol. The number of nitrogens with zero attached hydrogens (tertiary/aromatic N) is 2. The molecule has 19 heavy (non-hydrogen) atoms. The molecule has 0 spiro atoms. The molecule has 1 aromatic carbocycles. The van der Waals surface area contributed by atoms with E-state index in [0.29, 0.717) is 25.1 Å². The molecule has 1 atom stereocenters. The maximum atomic E-state index is 11.6. The Labute approximate surface area is 110 Å². The van der Waals surface area contributed by atoms with Crippen molar-refractivity contribution in [2.24, 2.45) is 0 Å². The van der Waals surface area contributed by atoms with Crippen molar-refractivity contribution in [1.82, 2.24) is 0 Å². The number of nitro benzene ring substituents is 1. The van der Waals surface area contributed by atoms with Crippen molar-refractivity contribution in [3.8, 4) is 0 Å². The van der Waals surface area contributed by atoms with Crippen LogP contribution in [0.2, 0.25) is 0 Å². The molecule has 6 nitrogen and oxygen atoms in total. The summed E-state index contributed by atoms with van der Waals surface area (Å²) in [6, 6.07) is 6.32. The average Bonchev–Trinajstić information content (AvgIpc) is 2.83. The van der Waals surface area contributed by atoms with Crippen LogP contribution >= 0.6 is 0 Å². The molecule has 0 radical (unpaired) electrons. The van der Waals surface area contributed by atoms with Crippen LogP contribution in [0.4, 0.5) is 11.4 Å². The topological polar surface area (TPSA) is 83.7 Å². The van der Waals surface area contributed by atoms with E-state index in [1.54, 1.807) is 30.0 Å². The van der Waals surface area contributed by atoms with Crippen molar-refractivity contribution in [2.45, 2.75) is 31.7 Å². The first-order valence-corrected chi connectivity index (χ1v) is 6.27. The number of carboxylic acid groups (broad SMARTS) is 1. The number of anilines is 1. The molecule has 1 fully saturated rings. The number of rotatable bonds is 4. The van der Waals surface area contributed by atoms with Gasteiger partial charge in [-0.05, 0) is 25.3 Å². The number of hydrogen-bond acceptors (Lipinski definition) is 4. The summed E-state index contributed by atoms with van der Waals surface area (Å²) in [5, 5.41) is 20.6. The summed E-state index contributed by atoms with van der Waals surface area (Å²) in [7, 11) is 0. The van der Waals surface area contributed by atoms with Crippen LogP contribution in [-0.4, -0.2) is 28.1 Å². The summed E-state index contributed by atoms with van der Waals surface area (Å²) >= 11 is 0. The standard InChI is InChI=1S/C13H16N2O4/c1-2-13(12(16)17)8-5-9-14(13)10-6-3-4-7-11(10)15(18)19/h3-4,6-7H,2,5,8-9H2,1H3,(H,16,17). The molecule has 0 bridgehead atoms. The van der Waals surface area contributed by atoms with E-state index < -0.39 is 16.4 Å². The fraction of sp³-hybridized carbons (Fsp3) is 0.462. The van der Waals surface area contributed by atoms with Gasteiger partial charge in [-0.25, -0.2) is 4.79 Å². The quantitative estimate of drug-likeness (QED) is 0.667. The third-order valence-electron chi connectivity index (χ3n) is 3.84. The average molecular weight is 264 g/mol. The normalized spacial score (nSPS) is 22.5. The van der Waals surface area contributed by atoms with Gasteiger partial charge in [0, 0.05) is 12.6 Å². The third-order valence-corrected chi connectivity index (χ3v) is 3.84. The lowest BCUT2D eigenvalue weighted by molar-refractivity contribution is -0.384. The van der Waals surface area contributed by atoms with Gasteiger partial charge in [0.25, 0.3) is 5.69 Å². The molecular formula is C13H16N2O4. The zero-order chi connectivity index (χ0) is 14.0. The van der Waals surface area contributed by atoms with Crippen molar-refractivity contribution >= 4 is 17.3 Å². The summed E-state index contributed by atoms with van der Waals surface area (Å²) in [4.78, 5) is 23.9. The number of nitro groups is 1. The number of carboxylic acids is 1. The molecule has 1 aliphatic heterocycles. The second-order valence-corrected chi connectivity index (χ2v) is 4.69. The van der Waals surface area contributed by atoms with Crippen LogP contribution in [0.15, 0.2) is 24.3 Å². The SMILES string of the molecule is CCC1(C(=O)O)CCCN1c1ccccc1[N+](=O)[O-]. The monoisotopic (exact) mass is 264 g/mol. The Morgan fingerprint density at radius 2 is 2.21 bits per heavy atom. The molecule has 1 aliphatic rings. The van der Waals surface area contributed by atoms with Gasteiger partial charge in [-0.3, -0.25) is 10.1 Å². The summed E-state index contributed by atoms with van der Waals surface area (Å²) in [6.07, 6.45) is 1.67. The van der Waals surface area contributed by atoms with Crippen LogP contribution in [0.1, 0.15) is 26.2 Å². The van der Waals surface area contributed by atoms with Gasteiger partial charge in [-0.2, -0.15) is 0 Å². The maximum Gasteiger partial charge on any atom is 0.329 e. The fourth-order valence-corrected chi connectivity index (χ4v) is 2.82. The van der Waals surface area contributed by atoms with Crippen LogP contribution in [0.3, 0.4) is 0 Å². The molecule has 0 aromatic heterocycles. The van der Waals surface area contributed by atoms with Crippen LogP contribution in [0.5, 0.6) is 0 Å². The molecule has 1 saturated heterocycles. The van der Waals surface area contributed by atoms with Gasteiger partial charge < -0.3 is 10.0 Å². The zero-order valence-electron chi connectivity index (χ0n) is 10.7. The first-order valence-electron chi connectivity index (χ1n) is 6.27. The highest BCUT2D eigenvalue weighted by Gasteiger charge is 2.47. The lowest BCUT2D eigenvalue weighted by atomic mass is 9.92. The highest BCUT2D eigenvalue weighted by atomic mass is 16.6. The molecular weight excluding hydrogens is 248 g/mol. The smallest absolute Gasteiger partial charge is 0.329 e. The van der Waals surface area contributed by atoms with Crippen LogP contribution < -0.4 is 4.90 Å². The largest absolute Gasteiger partial charge is 0.479 e. The van der Waals surface area contributed by atoms with Crippen molar-refractivity contribution in [3.63, 3.8) is 0 Å². The summed E-state index contributed by atoms with van der Waals surface area (Å²) < 4.78 is 0. The Morgan fingerprint density at radius 1 is 1.53 bits per heavy atom. The van der Waals surface area contributed by atoms with Gasteiger partial charge in [-0.1, -0.05) is 19.1 Å². The molecule has 1 N–H and O–H groups in total. The first-order chi connectivity index (χ1) is 9.03. The summed E-state index contributed by atoms with van der Waals surface area (Å²) in [6.45, 7) is 2.34. The number of hydrogen-bond donors (Lipinski definition) is 1. The molecule has 102 valence electrons. The Morgan fingerprint density at radius 3 is 2.79 bits per heavy atom. The van der Waals surface area contributed by atoms with Gasteiger partial charge in [0.15, 0.2) is 0 Å². The third kappa shape index (κ3) is 2.03. The Hall–Kier alpha value is -2.11. The number of benzene rings is 1. The van der Waals surface area contributed by atoms with E-state index in [2.05, 4.69) is 0 Å². The van der Waals surface area contributed by atoms with E-state index in [4.69, 9.17) is 0 Å². The van der Waals surface area contributed by atoms with Crippen molar-refractivity contribution in [3.05, 3.63) is 34.4 Å². The van der Waals surface area contributed by atoms with E-state index in [9.17, 15) is 20.0 Å². The van der Waals surface area contributed by atoms with Gasteiger partial charge in [0.1, 0.15) is 11.2 Å².